The third-order valence-corrected chi connectivity index (χ3v) is 10.4. The van der Waals surface area contributed by atoms with Crippen LogP contribution in [0.5, 0.6) is 0 Å². The first-order valence-corrected chi connectivity index (χ1v) is 20.8. The van der Waals surface area contributed by atoms with Crippen LogP contribution in [0.3, 0.4) is 0 Å². The largest absolute Gasteiger partial charge is 0.257 e. The average Bonchev–Trinajstić information content (AvgIpc) is 3.53. The van der Waals surface area contributed by atoms with Crippen molar-refractivity contribution in [1.82, 2.24) is 4.98 Å². The van der Waals surface area contributed by atoms with Gasteiger partial charge in [-0.1, -0.05) is 207 Å². The van der Waals surface area contributed by atoms with E-state index >= 15 is 0 Å². The Kier molecular flexibility index (Phi) is 30.1. The smallest absolute Gasteiger partial charge is 0.247 e. The number of unbranched alkanes of at least 4 members (excludes halogenated alkanes) is 27. The minimum absolute atomic E-state index is 0.619. The molecule has 1 aromatic heterocycles. The van der Waals surface area contributed by atoms with Gasteiger partial charge in [0.25, 0.3) is 5.82 Å². The Bertz CT molecular complexity index is 679. The van der Waals surface area contributed by atoms with Gasteiger partial charge in [0.05, 0.1) is 12.0 Å². The Labute approximate surface area is 278 Å². The lowest BCUT2D eigenvalue weighted by Gasteiger charge is -2.17. The molecule has 0 aliphatic rings. The van der Waals surface area contributed by atoms with Crippen LogP contribution in [-0.2, 0) is 0 Å². The van der Waals surface area contributed by atoms with Crippen molar-refractivity contribution in [3.63, 3.8) is 0 Å². The summed E-state index contributed by atoms with van der Waals surface area (Å²) in [6, 6.07) is 0.619. The molecule has 2 heteroatoms. The fourth-order valence-corrected chi connectivity index (χ4v) is 7.31. The van der Waals surface area contributed by atoms with Gasteiger partial charge in [-0.05, 0) is 32.6 Å². The molecular weight excluding hydrogens is 532 g/mol. The molecule has 1 rings (SSSR count). The summed E-state index contributed by atoms with van der Waals surface area (Å²) in [5.74, 6) is 2.25. The van der Waals surface area contributed by atoms with Gasteiger partial charge < -0.3 is 0 Å². The van der Waals surface area contributed by atoms with E-state index in [0.29, 0.717) is 12.0 Å². The van der Waals surface area contributed by atoms with Gasteiger partial charge in [-0.15, -0.1) is 0 Å². The lowest BCUT2D eigenvalue weighted by atomic mass is 9.92. The molecule has 0 aliphatic heterocycles. The predicted molar refractivity (Wildman–Crippen MR) is 198 cm³/mol. The monoisotopic (exact) mass is 616 g/mol. The molecule has 1 aromatic rings. The van der Waals surface area contributed by atoms with Crippen molar-refractivity contribution in [2.45, 2.75) is 252 Å². The Hall–Kier alpha value is -0.790. The first-order valence-electron chi connectivity index (χ1n) is 20.8. The molecule has 0 saturated heterocycles. The number of hydrogen-bond acceptors (Lipinski definition) is 0. The van der Waals surface area contributed by atoms with Gasteiger partial charge in [0.1, 0.15) is 12.4 Å². The molecular formula is C42H83N2+. The van der Waals surface area contributed by atoms with Crippen molar-refractivity contribution < 1.29 is 4.57 Å². The molecule has 0 bridgehead atoms. The van der Waals surface area contributed by atoms with Crippen molar-refractivity contribution in [2.75, 3.05) is 0 Å². The van der Waals surface area contributed by atoms with Gasteiger partial charge in [0, 0.05) is 0 Å². The summed E-state index contributed by atoms with van der Waals surface area (Å²) in [5, 5.41) is 0. The van der Waals surface area contributed by atoms with Crippen molar-refractivity contribution in [1.29, 1.82) is 0 Å². The average molecular weight is 616 g/mol. The van der Waals surface area contributed by atoms with Gasteiger partial charge in [-0.3, -0.25) is 0 Å². The van der Waals surface area contributed by atoms with Crippen LogP contribution in [0.2, 0.25) is 0 Å². The fourth-order valence-electron chi connectivity index (χ4n) is 7.31. The summed E-state index contributed by atoms with van der Waals surface area (Å²) in [6.45, 7) is 9.42. The normalized spacial score (nSPS) is 13.1. The van der Waals surface area contributed by atoms with E-state index in [0.717, 1.165) is 0 Å². The maximum Gasteiger partial charge on any atom is 0.257 e. The van der Waals surface area contributed by atoms with Crippen LogP contribution < -0.4 is 4.57 Å². The summed E-state index contributed by atoms with van der Waals surface area (Å²) in [5.41, 5.74) is 0. The van der Waals surface area contributed by atoms with Crippen molar-refractivity contribution in [3.8, 4) is 0 Å². The van der Waals surface area contributed by atoms with Crippen LogP contribution in [0.25, 0.3) is 0 Å². The first-order chi connectivity index (χ1) is 21.7. The van der Waals surface area contributed by atoms with Gasteiger partial charge in [0.15, 0.2) is 0 Å². The van der Waals surface area contributed by atoms with E-state index < -0.39 is 0 Å². The maximum absolute atomic E-state index is 3.75. The fraction of sp³-hybridized carbons (Fsp3) is 0.929. The minimum Gasteiger partial charge on any atom is -0.247 e. The summed E-state index contributed by atoms with van der Waals surface area (Å²) in [7, 11) is 0. The number of nitrogens with zero attached hydrogens (tertiary/aromatic N) is 1. The van der Waals surface area contributed by atoms with E-state index in [1.165, 1.54) is 218 Å². The van der Waals surface area contributed by atoms with E-state index in [1.807, 2.05) is 0 Å². The van der Waals surface area contributed by atoms with Crippen molar-refractivity contribution in [3.05, 3.63) is 18.2 Å². The third-order valence-electron chi connectivity index (χ3n) is 10.4. The lowest BCUT2D eigenvalue weighted by Crippen LogP contribution is -2.41. The summed E-state index contributed by atoms with van der Waals surface area (Å²) < 4.78 is 2.64. The van der Waals surface area contributed by atoms with Gasteiger partial charge in [-0.2, -0.15) is 0 Å². The number of aromatic amines is 1. The Balaban J connectivity index is 2.38. The topological polar surface area (TPSA) is 19.7 Å². The Morgan fingerprint density at radius 1 is 0.432 bits per heavy atom. The zero-order chi connectivity index (χ0) is 31.8. The molecule has 1 heterocycles. The summed E-state index contributed by atoms with van der Waals surface area (Å²) in [6.07, 6.45) is 51.7. The van der Waals surface area contributed by atoms with E-state index in [4.69, 9.17) is 0 Å². The second-order valence-electron chi connectivity index (χ2n) is 14.7. The number of aromatic nitrogens is 2. The second-order valence-corrected chi connectivity index (χ2v) is 14.7. The zero-order valence-electron chi connectivity index (χ0n) is 31.1. The molecule has 1 N–H and O–H groups in total. The molecule has 2 unspecified atom stereocenters. The molecule has 0 aliphatic carbocycles. The van der Waals surface area contributed by atoms with Gasteiger partial charge in [-0.25, -0.2) is 9.55 Å². The Morgan fingerprint density at radius 3 is 1.07 bits per heavy atom. The number of nitrogens with one attached hydrogen (secondary N) is 1. The van der Waals surface area contributed by atoms with E-state index in [-0.39, 0.29) is 0 Å². The highest BCUT2D eigenvalue weighted by Gasteiger charge is 2.25. The lowest BCUT2D eigenvalue weighted by molar-refractivity contribution is -0.727. The SMILES string of the molecule is CCCCCCCCCCCCCCCCC(CCCCCCCCCC)c1[nH]cc[n+]1C(C)CCCCCCCCCC. The third kappa shape index (κ3) is 23.5. The molecule has 2 nitrogen and oxygen atoms in total. The number of H-pyrrole nitrogens is 1. The molecule has 0 radical (unpaired) electrons. The van der Waals surface area contributed by atoms with Gasteiger partial charge >= 0.3 is 0 Å². The van der Waals surface area contributed by atoms with Gasteiger partial charge in [0.2, 0.25) is 0 Å². The minimum atomic E-state index is 0.619. The summed E-state index contributed by atoms with van der Waals surface area (Å²) >= 11 is 0. The molecule has 0 amide bonds. The van der Waals surface area contributed by atoms with Crippen molar-refractivity contribution in [2.24, 2.45) is 0 Å². The van der Waals surface area contributed by atoms with Crippen LogP contribution >= 0.6 is 0 Å². The molecule has 2 atom stereocenters. The molecule has 0 aromatic carbocycles. The standard InChI is InChI=1S/C42H82N2/c1-5-8-11-14-17-20-21-22-23-24-25-28-31-34-37-41(36-33-30-27-19-16-13-10-7-3)42-43-38-39-44(42)40(4)35-32-29-26-18-15-12-9-6-2/h38-41H,5-37H2,1-4H3/p+1. The number of hydrogen-bond donors (Lipinski definition) is 1. The highest BCUT2D eigenvalue weighted by Crippen LogP contribution is 2.27. The molecule has 0 saturated carbocycles. The summed E-state index contributed by atoms with van der Waals surface area (Å²) in [4.78, 5) is 3.75. The number of rotatable bonds is 35. The Morgan fingerprint density at radius 2 is 0.727 bits per heavy atom. The van der Waals surface area contributed by atoms with Crippen LogP contribution in [-0.4, -0.2) is 4.98 Å². The van der Waals surface area contributed by atoms with Crippen LogP contribution in [0.15, 0.2) is 12.4 Å². The van der Waals surface area contributed by atoms with Crippen molar-refractivity contribution >= 4 is 0 Å². The first kappa shape index (κ1) is 41.2. The number of imidazole rings is 1. The molecule has 0 fully saturated rings. The molecule has 260 valence electrons. The van der Waals surface area contributed by atoms with E-state index in [9.17, 15) is 0 Å². The molecule has 44 heavy (non-hydrogen) atoms. The highest BCUT2D eigenvalue weighted by molar-refractivity contribution is 4.90. The van der Waals surface area contributed by atoms with Crippen LogP contribution in [0, 0.1) is 0 Å². The zero-order valence-corrected chi connectivity index (χ0v) is 31.1. The molecule has 0 spiro atoms. The van der Waals surface area contributed by atoms with Crippen LogP contribution in [0.1, 0.15) is 257 Å². The van der Waals surface area contributed by atoms with E-state index in [1.54, 1.807) is 0 Å². The second kappa shape index (κ2) is 32.2. The maximum atomic E-state index is 3.75. The van der Waals surface area contributed by atoms with E-state index in [2.05, 4.69) is 49.6 Å². The predicted octanol–water partition coefficient (Wildman–Crippen LogP) is 14.9. The highest BCUT2D eigenvalue weighted by atomic mass is 15.1. The van der Waals surface area contributed by atoms with Crippen LogP contribution in [0.4, 0.5) is 0 Å². The quantitative estimate of drug-likeness (QED) is 0.0579.